The summed E-state index contributed by atoms with van der Waals surface area (Å²) in [4.78, 5) is 11.0. The van der Waals surface area contributed by atoms with E-state index in [1.165, 1.54) is 6.07 Å². The first-order valence-corrected chi connectivity index (χ1v) is 4.89. The van der Waals surface area contributed by atoms with Crippen LogP contribution in [0.25, 0.3) is 0 Å². The summed E-state index contributed by atoms with van der Waals surface area (Å²) in [6.07, 6.45) is 0.543. The summed E-state index contributed by atoms with van der Waals surface area (Å²) in [7, 11) is 0. The van der Waals surface area contributed by atoms with Gasteiger partial charge in [-0.15, -0.1) is 0 Å². The van der Waals surface area contributed by atoms with Crippen LogP contribution in [0.1, 0.15) is 22.8 Å². The Balaban J connectivity index is 2.66. The van der Waals surface area contributed by atoms with Gasteiger partial charge in [0.05, 0.1) is 10.7 Å². The first-order chi connectivity index (χ1) is 7.00. The molecule has 80 valence electrons. The van der Waals surface area contributed by atoms with E-state index in [1.807, 2.05) is 6.92 Å². The van der Waals surface area contributed by atoms with Crippen LogP contribution < -0.4 is 10.5 Å². The summed E-state index contributed by atoms with van der Waals surface area (Å²) < 4.78 is 5.42. The Morgan fingerprint density at radius 3 is 3.00 bits per heavy atom. The molecule has 0 unspecified atom stereocenters. The topological polar surface area (TPSA) is 72.6 Å². The first kappa shape index (κ1) is 10.1. The summed E-state index contributed by atoms with van der Waals surface area (Å²) in [6.45, 7) is 1.86. The highest BCUT2D eigenvalue weighted by Gasteiger charge is 2.28. The molecule has 0 aliphatic carbocycles. The van der Waals surface area contributed by atoms with Gasteiger partial charge in [0.25, 0.3) is 0 Å². The number of aromatic carboxylic acids is 1. The van der Waals surface area contributed by atoms with Crippen LogP contribution in [0.2, 0.25) is 5.02 Å². The van der Waals surface area contributed by atoms with Crippen molar-refractivity contribution in [3.05, 3.63) is 22.2 Å². The molecule has 0 bridgehead atoms. The van der Waals surface area contributed by atoms with Gasteiger partial charge >= 0.3 is 5.97 Å². The largest absolute Gasteiger partial charge is 0.489 e. The van der Waals surface area contributed by atoms with Gasteiger partial charge in [0, 0.05) is 12.0 Å². The van der Waals surface area contributed by atoms with E-state index in [0.29, 0.717) is 23.4 Å². The van der Waals surface area contributed by atoms with Crippen molar-refractivity contribution >= 4 is 23.3 Å². The molecule has 0 saturated heterocycles. The molecular formula is C10H10ClNO3. The highest BCUT2D eigenvalue weighted by atomic mass is 35.5. The number of carbonyl (C=O) groups is 1. The second-order valence-corrected chi connectivity index (χ2v) is 3.97. The van der Waals surface area contributed by atoms with Crippen molar-refractivity contribution in [1.82, 2.24) is 0 Å². The SMILES string of the molecule is C[C@H]1Cc2c(N)c(Cl)cc(C(=O)O)c2O1. The molecule has 0 spiro atoms. The highest BCUT2D eigenvalue weighted by molar-refractivity contribution is 6.33. The fraction of sp³-hybridized carbons (Fsp3) is 0.300. The zero-order chi connectivity index (χ0) is 11.2. The number of hydrogen-bond donors (Lipinski definition) is 2. The monoisotopic (exact) mass is 227 g/mol. The Kier molecular flexibility index (Phi) is 2.23. The van der Waals surface area contributed by atoms with Crippen molar-refractivity contribution in [3.8, 4) is 5.75 Å². The van der Waals surface area contributed by atoms with Gasteiger partial charge in [-0.2, -0.15) is 0 Å². The average molecular weight is 228 g/mol. The Morgan fingerprint density at radius 2 is 2.40 bits per heavy atom. The van der Waals surface area contributed by atoms with Gasteiger partial charge in [0.2, 0.25) is 0 Å². The van der Waals surface area contributed by atoms with Crippen LogP contribution in [-0.4, -0.2) is 17.2 Å². The van der Waals surface area contributed by atoms with Crippen LogP contribution in [0.5, 0.6) is 5.75 Å². The number of benzene rings is 1. The van der Waals surface area contributed by atoms with Crippen molar-refractivity contribution in [1.29, 1.82) is 0 Å². The number of hydrogen-bond acceptors (Lipinski definition) is 3. The van der Waals surface area contributed by atoms with E-state index in [1.54, 1.807) is 0 Å². The predicted molar refractivity (Wildman–Crippen MR) is 56.6 cm³/mol. The summed E-state index contributed by atoms with van der Waals surface area (Å²) >= 11 is 5.85. The lowest BCUT2D eigenvalue weighted by atomic mass is 10.0. The maximum atomic E-state index is 11.0. The lowest BCUT2D eigenvalue weighted by Crippen LogP contribution is -2.07. The summed E-state index contributed by atoms with van der Waals surface area (Å²) in [5.74, 6) is -0.695. The van der Waals surface area contributed by atoms with E-state index >= 15 is 0 Å². The van der Waals surface area contributed by atoms with E-state index in [4.69, 9.17) is 27.2 Å². The van der Waals surface area contributed by atoms with Gasteiger partial charge in [-0.05, 0) is 13.0 Å². The van der Waals surface area contributed by atoms with Gasteiger partial charge in [0.1, 0.15) is 17.4 Å². The van der Waals surface area contributed by atoms with E-state index < -0.39 is 5.97 Å². The molecule has 1 atom stereocenters. The van der Waals surface area contributed by atoms with Crippen LogP contribution in [-0.2, 0) is 6.42 Å². The standard InChI is InChI=1S/C10H10ClNO3/c1-4-2-5-8(12)7(11)3-6(10(13)14)9(5)15-4/h3-4H,2,12H2,1H3,(H,13,14)/t4-/m0/s1. The molecular weight excluding hydrogens is 218 g/mol. The molecule has 5 heteroatoms. The van der Waals surface area contributed by atoms with Gasteiger partial charge in [-0.3, -0.25) is 0 Å². The second-order valence-electron chi connectivity index (χ2n) is 3.57. The van der Waals surface area contributed by atoms with E-state index in [-0.39, 0.29) is 16.7 Å². The molecule has 2 rings (SSSR count). The Labute approximate surface area is 91.6 Å². The molecule has 0 fully saturated rings. The number of halogens is 1. The summed E-state index contributed by atoms with van der Waals surface area (Å²) in [6, 6.07) is 1.33. The van der Waals surface area contributed by atoms with Crippen LogP contribution in [0, 0.1) is 0 Å². The van der Waals surface area contributed by atoms with Crippen molar-refractivity contribution in [2.45, 2.75) is 19.4 Å². The molecule has 1 aliphatic rings. The molecule has 1 aromatic carbocycles. The highest BCUT2D eigenvalue weighted by Crippen LogP contribution is 2.40. The minimum Gasteiger partial charge on any atom is -0.489 e. The number of nitrogen functional groups attached to an aromatic ring is 1. The van der Waals surface area contributed by atoms with Crippen molar-refractivity contribution in [3.63, 3.8) is 0 Å². The third-order valence-corrected chi connectivity index (χ3v) is 2.73. The van der Waals surface area contributed by atoms with Crippen LogP contribution >= 0.6 is 11.6 Å². The van der Waals surface area contributed by atoms with Gasteiger partial charge in [-0.25, -0.2) is 4.79 Å². The van der Waals surface area contributed by atoms with E-state index in [0.717, 1.165) is 0 Å². The van der Waals surface area contributed by atoms with Crippen LogP contribution in [0.4, 0.5) is 5.69 Å². The maximum absolute atomic E-state index is 11.0. The fourth-order valence-electron chi connectivity index (χ4n) is 1.73. The fourth-order valence-corrected chi connectivity index (χ4v) is 1.95. The predicted octanol–water partition coefficient (Wildman–Crippen LogP) is 1.94. The molecule has 0 amide bonds. The average Bonchev–Trinajstić information content (AvgIpc) is 2.53. The normalized spacial score (nSPS) is 18.4. The zero-order valence-electron chi connectivity index (χ0n) is 8.08. The van der Waals surface area contributed by atoms with Gasteiger partial charge in [0.15, 0.2) is 0 Å². The lowest BCUT2D eigenvalue weighted by molar-refractivity contribution is 0.0692. The lowest BCUT2D eigenvalue weighted by Gasteiger charge is -2.08. The number of rotatable bonds is 1. The van der Waals surface area contributed by atoms with Crippen LogP contribution in [0.15, 0.2) is 6.07 Å². The molecule has 0 saturated carbocycles. The third kappa shape index (κ3) is 1.51. The Morgan fingerprint density at radius 1 is 1.73 bits per heavy atom. The third-order valence-electron chi connectivity index (χ3n) is 2.41. The number of ether oxygens (including phenoxy) is 1. The molecule has 1 heterocycles. The van der Waals surface area contributed by atoms with Crippen molar-refractivity contribution in [2.24, 2.45) is 0 Å². The molecule has 1 aromatic rings. The first-order valence-electron chi connectivity index (χ1n) is 4.51. The smallest absolute Gasteiger partial charge is 0.339 e. The van der Waals surface area contributed by atoms with Gasteiger partial charge < -0.3 is 15.6 Å². The number of fused-ring (bicyclic) bond motifs is 1. The van der Waals surface area contributed by atoms with Crippen molar-refractivity contribution < 1.29 is 14.6 Å². The minimum absolute atomic E-state index is 0.0566. The van der Waals surface area contributed by atoms with E-state index in [2.05, 4.69) is 0 Å². The van der Waals surface area contributed by atoms with Crippen LogP contribution in [0.3, 0.4) is 0 Å². The zero-order valence-corrected chi connectivity index (χ0v) is 8.84. The molecule has 15 heavy (non-hydrogen) atoms. The van der Waals surface area contributed by atoms with E-state index in [9.17, 15) is 4.79 Å². The van der Waals surface area contributed by atoms with Crippen molar-refractivity contribution in [2.75, 3.05) is 5.73 Å². The molecule has 1 aliphatic heterocycles. The summed E-state index contributed by atoms with van der Waals surface area (Å²) in [5, 5.41) is 9.24. The Hall–Kier alpha value is -1.42. The summed E-state index contributed by atoms with van der Waals surface area (Å²) in [5.41, 5.74) is 6.96. The number of nitrogens with two attached hydrogens (primary N) is 1. The van der Waals surface area contributed by atoms with Gasteiger partial charge in [-0.1, -0.05) is 11.6 Å². The molecule has 3 N–H and O–H groups in total. The number of carboxylic acids is 1. The number of anilines is 1. The maximum Gasteiger partial charge on any atom is 0.339 e. The minimum atomic E-state index is -1.05. The quantitative estimate of drug-likeness (QED) is 0.720. The number of carboxylic acid groups (broad SMARTS) is 1. The molecule has 4 nitrogen and oxygen atoms in total. The second kappa shape index (κ2) is 3.31. The Bertz CT molecular complexity index is 445. The molecule has 0 aromatic heterocycles. The molecule has 0 radical (unpaired) electrons.